The molecule has 3 nitrogen and oxygen atoms in total. The molecule has 0 saturated carbocycles. The van der Waals surface area contributed by atoms with E-state index in [-0.39, 0.29) is 18.2 Å². The Hall–Kier alpha value is -2.04. The summed E-state index contributed by atoms with van der Waals surface area (Å²) in [5.41, 5.74) is 8.90. The number of aromatic nitrogens is 2. The summed E-state index contributed by atoms with van der Waals surface area (Å²) in [6, 6.07) is 10.4. The van der Waals surface area contributed by atoms with E-state index in [9.17, 15) is 4.39 Å². The highest BCUT2D eigenvalue weighted by Crippen LogP contribution is 2.21. The number of fused-ring (bicyclic) bond motifs is 1. The number of nitrogens with zero attached hydrogens (tertiary/aromatic N) is 2. The van der Waals surface area contributed by atoms with Crippen LogP contribution in [-0.2, 0) is 6.54 Å². The van der Waals surface area contributed by atoms with Crippen LogP contribution in [0.1, 0.15) is 5.56 Å². The lowest BCUT2D eigenvalue weighted by atomic mass is 10.1. The Morgan fingerprint density at radius 3 is 2.55 bits per heavy atom. The van der Waals surface area contributed by atoms with Crippen LogP contribution in [0.5, 0.6) is 0 Å². The second-order valence-corrected chi connectivity index (χ2v) is 4.32. The van der Waals surface area contributed by atoms with E-state index in [1.54, 1.807) is 18.5 Å². The van der Waals surface area contributed by atoms with E-state index in [0.29, 0.717) is 12.1 Å². The summed E-state index contributed by atoms with van der Waals surface area (Å²) >= 11 is 0. The van der Waals surface area contributed by atoms with Crippen molar-refractivity contribution >= 4 is 23.3 Å². The Morgan fingerprint density at radius 1 is 1.00 bits per heavy atom. The number of pyridine rings is 2. The highest BCUT2D eigenvalue weighted by molar-refractivity contribution is 5.85. The third-order valence-electron chi connectivity index (χ3n) is 3.00. The standard InChI is InChI=1S/C15H12FN3.ClH/c16-13-3-2-11-5-12(9-19-15(11)6-13)14-4-1-10(7-17)8-18-14;/h1-6,8-9H,7,17H2;1H. The summed E-state index contributed by atoms with van der Waals surface area (Å²) in [5, 5.41) is 0.892. The quantitative estimate of drug-likeness (QED) is 0.787. The third kappa shape index (κ3) is 2.76. The molecule has 0 aliphatic carbocycles. The number of rotatable bonds is 2. The lowest BCUT2D eigenvalue weighted by Gasteiger charge is -2.04. The minimum Gasteiger partial charge on any atom is -0.326 e. The van der Waals surface area contributed by atoms with Gasteiger partial charge in [-0.1, -0.05) is 6.07 Å². The minimum atomic E-state index is -0.279. The first-order valence-electron chi connectivity index (χ1n) is 5.97. The van der Waals surface area contributed by atoms with Gasteiger partial charge in [-0.15, -0.1) is 12.4 Å². The molecular formula is C15H13ClFN3. The molecule has 0 atom stereocenters. The van der Waals surface area contributed by atoms with Crippen molar-refractivity contribution in [1.29, 1.82) is 0 Å². The van der Waals surface area contributed by atoms with Crippen LogP contribution in [0.4, 0.5) is 4.39 Å². The molecule has 5 heteroatoms. The highest BCUT2D eigenvalue weighted by atomic mass is 35.5. The van der Waals surface area contributed by atoms with Crippen LogP contribution in [-0.4, -0.2) is 9.97 Å². The summed E-state index contributed by atoms with van der Waals surface area (Å²) in [5.74, 6) is -0.279. The number of nitrogens with two attached hydrogens (primary N) is 1. The first-order valence-corrected chi connectivity index (χ1v) is 5.97. The highest BCUT2D eigenvalue weighted by Gasteiger charge is 2.03. The largest absolute Gasteiger partial charge is 0.326 e. The zero-order valence-electron chi connectivity index (χ0n) is 10.6. The molecule has 3 rings (SSSR count). The van der Waals surface area contributed by atoms with Crippen molar-refractivity contribution in [1.82, 2.24) is 9.97 Å². The van der Waals surface area contributed by atoms with E-state index in [4.69, 9.17) is 5.73 Å². The Labute approximate surface area is 122 Å². The monoisotopic (exact) mass is 289 g/mol. The lowest BCUT2D eigenvalue weighted by molar-refractivity contribution is 0.629. The predicted octanol–water partition coefficient (Wildman–Crippen LogP) is 3.32. The van der Waals surface area contributed by atoms with Crippen LogP contribution in [0, 0.1) is 5.82 Å². The molecule has 0 radical (unpaired) electrons. The van der Waals surface area contributed by atoms with Crippen LogP contribution in [0.25, 0.3) is 22.2 Å². The van der Waals surface area contributed by atoms with Gasteiger partial charge < -0.3 is 5.73 Å². The van der Waals surface area contributed by atoms with Gasteiger partial charge in [0, 0.05) is 36.0 Å². The van der Waals surface area contributed by atoms with Gasteiger partial charge in [-0.3, -0.25) is 9.97 Å². The maximum absolute atomic E-state index is 13.1. The van der Waals surface area contributed by atoms with Crippen molar-refractivity contribution in [3.8, 4) is 11.3 Å². The van der Waals surface area contributed by atoms with Crippen LogP contribution in [0.2, 0.25) is 0 Å². The molecule has 102 valence electrons. The molecule has 0 saturated heterocycles. The SMILES string of the molecule is Cl.NCc1ccc(-c2cnc3cc(F)ccc3c2)nc1. The first kappa shape index (κ1) is 14.4. The van der Waals surface area contributed by atoms with Crippen molar-refractivity contribution in [2.24, 2.45) is 5.73 Å². The van der Waals surface area contributed by atoms with E-state index < -0.39 is 0 Å². The average Bonchev–Trinajstić information content (AvgIpc) is 2.47. The molecule has 0 aliphatic heterocycles. The molecule has 2 N–H and O–H groups in total. The summed E-state index contributed by atoms with van der Waals surface area (Å²) < 4.78 is 13.1. The van der Waals surface area contributed by atoms with E-state index in [2.05, 4.69) is 9.97 Å². The Morgan fingerprint density at radius 2 is 1.85 bits per heavy atom. The van der Waals surface area contributed by atoms with Crippen molar-refractivity contribution < 1.29 is 4.39 Å². The van der Waals surface area contributed by atoms with Crippen molar-refractivity contribution in [2.75, 3.05) is 0 Å². The second kappa shape index (κ2) is 5.94. The van der Waals surface area contributed by atoms with Gasteiger partial charge in [0.2, 0.25) is 0 Å². The van der Waals surface area contributed by atoms with Crippen LogP contribution in [0.3, 0.4) is 0 Å². The number of hydrogen-bond acceptors (Lipinski definition) is 3. The van der Waals surface area contributed by atoms with Gasteiger partial charge in [0.25, 0.3) is 0 Å². The molecule has 0 fully saturated rings. The van der Waals surface area contributed by atoms with Gasteiger partial charge in [-0.25, -0.2) is 4.39 Å². The fourth-order valence-corrected chi connectivity index (χ4v) is 1.95. The maximum atomic E-state index is 13.1. The van der Waals surface area contributed by atoms with Gasteiger partial charge in [0.1, 0.15) is 5.82 Å². The molecule has 0 unspecified atom stereocenters. The van der Waals surface area contributed by atoms with Crippen molar-refractivity contribution in [3.63, 3.8) is 0 Å². The van der Waals surface area contributed by atoms with Crippen molar-refractivity contribution in [3.05, 3.63) is 60.2 Å². The fraction of sp³-hybridized carbons (Fsp3) is 0.0667. The first-order chi connectivity index (χ1) is 9.26. The predicted molar refractivity (Wildman–Crippen MR) is 80.1 cm³/mol. The Kier molecular flexibility index (Phi) is 4.27. The van der Waals surface area contributed by atoms with E-state index in [0.717, 1.165) is 22.2 Å². The molecule has 0 spiro atoms. The molecule has 3 aromatic rings. The second-order valence-electron chi connectivity index (χ2n) is 4.32. The van der Waals surface area contributed by atoms with E-state index in [1.807, 2.05) is 18.2 Å². The molecule has 0 amide bonds. The summed E-state index contributed by atoms with van der Waals surface area (Å²) in [6.07, 6.45) is 3.45. The summed E-state index contributed by atoms with van der Waals surface area (Å²) in [6.45, 7) is 0.475. The topological polar surface area (TPSA) is 51.8 Å². The van der Waals surface area contributed by atoms with Crippen LogP contribution in [0.15, 0.2) is 48.8 Å². The third-order valence-corrected chi connectivity index (χ3v) is 3.00. The summed E-state index contributed by atoms with van der Waals surface area (Å²) in [4.78, 5) is 8.61. The molecule has 0 bridgehead atoms. The molecule has 20 heavy (non-hydrogen) atoms. The summed E-state index contributed by atoms with van der Waals surface area (Å²) in [7, 11) is 0. The molecule has 0 aliphatic rings. The van der Waals surface area contributed by atoms with Crippen LogP contribution >= 0.6 is 12.4 Å². The van der Waals surface area contributed by atoms with E-state index in [1.165, 1.54) is 12.1 Å². The Balaban J connectivity index is 0.00000147. The minimum absolute atomic E-state index is 0. The zero-order chi connectivity index (χ0) is 13.2. The zero-order valence-corrected chi connectivity index (χ0v) is 11.4. The number of halogens is 2. The average molecular weight is 290 g/mol. The maximum Gasteiger partial charge on any atom is 0.125 e. The van der Waals surface area contributed by atoms with Gasteiger partial charge >= 0.3 is 0 Å². The van der Waals surface area contributed by atoms with Gasteiger partial charge in [-0.05, 0) is 29.8 Å². The van der Waals surface area contributed by atoms with Gasteiger partial charge in [0.15, 0.2) is 0 Å². The molecule has 2 aromatic heterocycles. The van der Waals surface area contributed by atoms with Crippen molar-refractivity contribution in [2.45, 2.75) is 6.54 Å². The molecular weight excluding hydrogens is 277 g/mol. The lowest BCUT2D eigenvalue weighted by Crippen LogP contribution is -1.97. The molecule has 1 aromatic carbocycles. The fourth-order valence-electron chi connectivity index (χ4n) is 1.95. The normalized spacial score (nSPS) is 10.3. The Bertz CT molecular complexity index is 729. The van der Waals surface area contributed by atoms with Gasteiger partial charge in [0.05, 0.1) is 11.2 Å². The molecule has 2 heterocycles. The number of benzene rings is 1. The van der Waals surface area contributed by atoms with Gasteiger partial charge in [-0.2, -0.15) is 0 Å². The smallest absolute Gasteiger partial charge is 0.125 e. The number of hydrogen-bond donors (Lipinski definition) is 1. The van der Waals surface area contributed by atoms with Crippen LogP contribution < -0.4 is 5.73 Å². The van der Waals surface area contributed by atoms with E-state index >= 15 is 0 Å².